The molecule has 1 unspecified atom stereocenters. The van der Waals surface area contributed by atoms with Crippen molar-refractivity contribution in [1.82, 2.24) is 10.6 Å². The summed E-state index contributed by atoms with van der Waals surface area (Å²) >= 11 is 12.2. The van der Waals surface area contributed by atoms with Crippen molar-refractivity contribution in [2.75, 3.05) is 6.61 Å². The summed E-state index contributed by atoms with van der Waals surface area (Å²) in [6.07, 6.45) is 1.39. The van der Waals surface area contributed by atoms with E-state index in [-0.39, 0.29) is 23.9 Å². The lowest BCUT2D eigenvalue weighted by molar-refractivity contribution is -0.143. The molecule has 4 rings (SSSR count). The van der Waals surface area contributed by atoms with Gasteiger partial charge in [-0.3, -0.25) is 9.59 Å². The second-order valence-electron chi connectivity index (χ2n) is 8.99. The summed E-state index contributed by atoms with van der Waals surface area (Å²) in [5.74, 6) is -2.66. The number of hydrogen-bond acceptors (Lipinski definition) is 4. The molecule has 0 saturated carbocycles. The van der Waals surface area contributed by atoms with E-state index in [0.717, 1.165) is 16.7 Å². The van der Waals surface area contributed by atoms with Crippen molar-refractivity contribution in [3.05, 3.63) is 136 Å². The summed E-state index contributed by atoms with van der Waals surface area (Å²) < 4.78 is 5.53. The largest absolute Gasteiger partial charge is 0.480 e. The maximum atomic E-state index is 13.3. The Morgan fingerprint density at radius 3 is 2.07 bits per heavy atom. The van der Waals surface area contributed by atoms with Crippen LogP contribution < -0.4 is 10.6 Å². The van der Waals surface area contributed by atoms with Crippen LogP contribution >= 0.6 is 23.2 Å². The molecular formula is C32H26Cl2N2O5. The quantitative estimate of drug-likeness (QED) is 0.180. The second kappa shape index (κ2) is 14.3. The van der Waals surface area contributed by atoms with Gasteiger partial charge >= 0.3 is 5.97 Å². The van der Waals surface area contributed by atoms with Crippen molar-refractivity contribution in [3.8, 4) is 11.1 Å². The number of hydrogen-bond donors (Lipinski definition) is 3. The normalized spacial score (nSPS) is 11.9. The zero-order valence-electron chi connectivity index (χ0n) is 21.7. The molecule has 7 nitrogen and oxygen atoms in total. The Morgan fingerprint density at radius 1 is 0.805 bits per heavy atom. The van der Waals surface area contributed by atoms with Crippen LogP contribution in [0.25, 0.3) is 17.2 Å². The first kappa shape index (κ1) is 29.6. The minimum Gasteiger partial charge on any atom is -0.480 e. The molecule has 0 bridgehead atoms. The first-order valence-corrected chi connectivity index (χ1v) is 13.3. The Kier molecular flexibility index (Phi) is 10.3. The van der Waals surface area contributed by atoms with Gasteiger partial charge < -0.3 is 20.5 Å². The topological polar surface area (TPSA) is 105 Å². The lowest BCUT2D eigenvalue weighted by Crippen LogP contribution is -2.46. The van der Waals surface area contributed by atoms with Gasteiger partial charge in [0.2, 0.25) is 0 Å². The molecule has 1 atom stereocenters. The Labute approximate surface area is 247 Å². The number of halogens is 2. The van der Waals surface area contributed by atoms with Crippen molar-refractivity contribution in [3.63, 3.8) is 0 Å². The molecule has 2 amide bonds. The molecule has 9 heteroatoms. The van der Waals surface area contributed by atoms with E-state index < -0.39 is 23.8 Å². The van der Waals surface area contributed by atoms with Gasteiger partial charge in [0.1, 0.15) is 5.70 Å². The van der Waals surface area contributed by atoms with Crippen LogP contribution in [0.15, 0.2) is 109 Å². The predicted octanol–water partition coefficient (Wildman–Crippen LogP) is 6.22. The number of amides is 2. The van der Waals surface area contributed by atoms with Gasteiger partial charge in [-0.1, -0.05) is 102 Å². The number of ether oxygens (including phenoxy) is 1. The highest BCUT2D eigenvalue weighted by Gasteiger charge is 2.24. The van der Waals surface area contributed by atoms with E-state index >= 15 is 0 Å². The van der Waals surface area contributed by atoms with Gasteiger partial charge in [0.25, 0.3) is 11.8 Å². The van der Waals surface area contributed by atoms with Gasteiger partial charge in [-0.25, -0.2) is 4.79 Å². The van der Waals surface area contributed by atoms with Gasteiger partial charge in [0.15, 0.2) is 6.04 Å². The molecule has 4 aromatic carbocycles. The first-order chi connectivity index (χ1) is 19.8. The van der Waals surface area contributed by atoms with Crippen LogP contribution in [-0.4, -0.2) is 35.5 Å². The average molecular weight is 589 g/mol. The van der Waals surface area contributed by atoms with Crippen molar-refractivity contribution in [2.24, 2.45) is 0 Å². The molecule has 0 spiro atoms. The van der Waals surface area contributed by atoms with Gasteiger partial charge in [0.05, 0.1) is 23.3 Å². The van der Waals surface area contributed by atoms with E-state index in [1.54, 1.807) is 36.4 Å². The standard InChI is InChI=1S/C32H26Cl2N2O5/c33-26-16-11-22(17-27(26)34)18-28(31(38)36-29(32(39)40)20-41-19-21-7-3-1-4-8-21)35-30(37)25-14-12-24(13-15-25)23-9-5-2-6-10-23/h1-18,29H,19-20H2,(H,35,37)(H,36,38)(H,39,40)/b28-18+. The Bertz CT molecular complexity index is 1540. The summed E-state index contributed by atoms with van der Waals surface area (Å²) in [5, 5.41) is 15.3. The molecule has 0 aliphatic heterocycles. The lowest BCUT2D eigenvalue weighted by atomic mass is 10.0. The SMILES string of the molecule is O=C(NC(COCc1ccccc1)C(=O)O)/C(=C\c1ccc(Cl)c(Cl)c1)NC(=O)c1ccc(-c2ccccc2)cc1. The molecule has 0 aromatic heterocycles. The van der Waals surface area contributed by atoms with E-state index in [1.165, 1.54) is 12.1 Å². The number of carboxylic acids is 1. The molecule has 0 fully saturated rings. The van der Waals surface area contributed by atoms with Crippen LogP contribution in [0.1, 0.15) is 21.5 Å². The molecule has 0 saturated heterocycles. The number of carbonyl (C=O) groups excluding carboxylic acids is 2. The molecule has 3 N–H and O–H groups in total. The number of rotatable bonds is 11. The van der Waals surface area contributed by atoms with E-state index in [2.05, 4.69) is 10.6 Å². The Balaban J connectivity index is 1.52. The minimum absolute atomic E-state index is 0.169. The maximum absolute atomic E-state index is 13.3. The van der Waals surface area contributed by atoms with Gasteiger partial charge in [-0.05, 0) is 52.6 Å². The molecule has 4 aromatic rings. The average Bonchev–Trinajstić information content (AvgIpc) is 2.99. The Hall–Kier alpha value is -4.43. The molecular weight excluding hydrogens is 563 g/mol. The predicted molar refractivity (Wildman–Crippen MR) is 159 cm³/mol. The van der Waals surface area contributed by atoms with Gasteiger partial charge in [-0.15, -0.1) is 0 Å². The lowest BCUT2D eigenvalue weighted by Gasteiger charge is -2.17. The number of carbonyl (C=O) groups is 3. The summed E-state index contributed by atoms with van der Waals surface area (Å²) in [4.78, 5) is 38.3. The van der Waals surface area contributed by atoms with Crippen LogP contribution in [0.5, 0.6) is 0 Å². The fourth-order valence-electron chi connectivity index (χ4n) is 3.85. The number of carboxylic acid groups (broad SMARTS) is 1. The third kappa shape index (κ3) is 8.53. The van der Waals surface area contributed by atoms with Crippen molar-refractivity contribution < 1.29 is 24.2 Å². The summed E-state index contributed by atoms with van der Waals surface area (Å²) in [6.45, 7) is -0.118. The van der Waals surface area contributed by atoms with Crippen molar-refractivity contribution in [1.29, 1.82) is 0 Å². The van der Waals surface area contributed by atoms with E-state index in [0.29, 0.717) is 16.1 Å². The second-order valence-corrected chi connectivity index (χ2v) is 9.81. The molecule has 41 heavy (non-hydrogen) atoms. The fraction of sp³-hybridized carbons (Fsp3) is 0.0938. The van der Waals surface area contributed by atoms with Crippen LogP contribution in [0, 0.1) is 0 Å². The molecule has 0 heterocycles. The molecule has 208 valence electrons. The number of benzene rings is 4. The van der Waals surface area contributed by atoms with Crippen LogP contribution in [0.3, 0.4) is 0 Å². The van der Waals surface area contributed by atoms with Crippen LogP contribution in [-0.2, 0) is 20.9 Å². The summed E-state index contributed by atoms with van der Waals surface area (Å²) in [6, 6.07) is 29.1. The van der Waals surface area contributed by atoms with E-state index in [9.17, 15) is 19.5 Å². The van der Waals surface area contributed by atoms with Crippen LogP contribution in [0.2, 0.25) is 10.0 Å². The zero-order valence-corrected chi connectivity index (χ0v) is 23.2. The molecule has 0 radical (unpaired) electrons. The van der Waals surface area contributed by atoms with Crippen molar-refractivity contribution >= 4 is 47.1 Å². The van der Waals surface area contributed by atoms with Crippen LogP contribution in [0.4, 0.5) is 0 Å². The minimum atomic E-state index is -1.37. The summed E-state index contributed by atoms with van der Waals surface area (Å²) in [7, 11) is 0. The molecule has 0 aliphatic carbocycles. The number of aliphatic carboxylic acids is 1. The highest BCUT2D eigenvalue weighted by Crippen LogP contribution is 2.24. The highest BCUT2D eigenvalue weighted by molar-refractivity contribution is 6.42. The number of nitrogens with one attached hydrogen (secondary N) is 2. The zero-order chi connectivity index (χ0) is 29.2. The smallest absolute Gasteiger partial charge is 0.328 e. The highest BCUT2D eigenvalue weighted by atomic mass is 35.5. The summed E-state index contributed by atoms with van der Waals surface area (Å²) in [5.41, 5.74) is 3.36. The van der Waals surface area contributed by atoms with Gasteiger partial charge in [0, 0.05) is 5.56 Å². The van der Waals surface area contributed by atoms with E-state index in [4.69, 9.17) is 27.9 Å². The van der Waals surface area contributed by atoms with Gasteiger partial charge in [-0.2, -0.15) is 0 Å². The third-order valence-corrected chi connectivity index (χ3v) is 6.74. The monoisotopic (exact) mass is 588 g/mol. The third-order valence-electron chi connectivity index (χ3n) is 6.00. The molecule has 0 aliphatic rings. The Morgan fingerprint density at radius 2 is 1.44 bits per heavy atom. The first-order valence-electron chi connectivity index (χ1n) is 12.6. The van der Waals surface area contributed by atoms with E-state index in [1.807, 2.05) is 60.7 Å². The van der Waals surface area contributed by atoms with Crippen molar-refractivity contribution in [2.45, 2.75) is 12.6 Å². The fourth-order valence-corrected chi connectivity index (χ4v) is 4.15. The maximum Gasteiger partial charge on any atom is 0.328 e.